The Morgan fingerprint density at radius 3 is 2.53 bits per heavy atom. The zero-order valence-electron chi connectivity index (χ0n) is 28.5. The third-order valence-corrected chi connectivity index (χ3v) is 11.8. The summed E-state index contributed by atoms with van der Waals surface area (Å²) in [5, 5.41) is 19.3. The lowest BCUT2D eigenvalue weighted by molar-refractivity contribution is -0.134. The summed E-state index contributed by atoms with van der Waals surface area (Å²) in [5.74, 6) is -4.54. The highest BCUT2D eigenvalue weighted by Crippen LogP contribution is 2.70. The van der Waals surface area contributed by atoms with Gasteiger partial charge in [-0.05, 0) is 56.6 Å². The van der Waals surface area contributed by atoms with Crippen molar-refractivity contribution in [2.75, 3.05) is 42.9 Å². The lowest BCUT2D eigenvalue weighted by atomic mass is 9.85. The Hall–Kier alpha value is -4.73. The van der Waals surface area contributed by atoms with E-state index in [-0.39, 0.29) is 49.0 Å². The molecule has 14 nitrogen and oxygen atoms in total. The van der Waals surface area contributed by atoms with E-state index in [0.29, 0.717) is 22.9 Å². The van der Waals surface area contributed by atoms with E-state index in [4.69, 9.17) is 0 Å². The maximum atomic E-state index is 14.3. The summed E-state index contributed by atoms with van der Waals surface area (Å²) >= 11 is 0. The highest BCUT2D eigenvalue weighted by molar-refractivity contribution is 6.04. The quantitative estimate of drug-likeness (QED) is 0.258. The van der Waals surface area contributed by atoms with E-state index in [9.17, 15) is 28.0 Å². The Morgan fingerprint density at radius 1 is 1.02 bits per heavy atom. The van der Waals surface area contributed by atoms with E-state index >= 15 is 0 Å². The van der Waals surface area contributed by atoms with Gasteiger partial charge in [0.1, 0.15) is 11.7 Å². The van der Waals surface area contributed by atoms with Gasteiger partial charge in [0.05, 0.1) is 29.8 Å². The molecular formula is C35H42F2N10O4. The van der Waals surface area contributed by atoms with Crippen LogP contribution in [-0.4, -0.2) is 98.2 Å². The van der Waals surface area contributed by atoms with Crippen molar-refractivity contribution in [1.29, 1.82) is 0 Å². The highest BCUT2D eigenvalue weighted by Gasteiger charge is 2.78. The van der Waals surface area contributed by atoms with Crippen LogP contribution in [0.2, 0.25) is 0 Å². The number of halogens is 2. The lowest BCUT2D eigenvalue weighted by Gasteiger charge is -2.39. The fourth-order valence-corrected chi connectivity index (χ4v) is 8.50. The van der Waals surface area contributed by atoms with Crippen LogP contribution in [0.5, 0.6) is 0 Å². The second-order valence-corrected chi connectivity index (χ2v) is 15.0. The second-order valence-electron chi connectivity index (χ2n) is 15.0. The van der Waals surface area contributed by atoms with E-state index in [1.54, 1.807) is 25.4 Å². The monoisotopic (exact) mass is 704 g/mol. The molecule has 0 unspecified atom stereocenters. The van der Waals surface area contributed by atoms with Crippen molar-refractivity contribution in [3.8, 4) is 0 Å². The van der Waals surface area contributed by atoms with Crippen molar-refractivity contribution in [3.05, 3.63) is 53.4 Å². The number of aromatic amines is 1. The second kappa shape index (κ2) is 12.8. The number of piperidine rings is 1. The summed E-state index contributed by atoms with van der Waals surface area (Å²) in [7, 11) is 0. The third kappa shape index (κ3) is 6.27. The van der Waals surface area contributed by atoms with E-state index in [0.717, 1.165) is 64.1 Å². The summed E-state index contributed by atoms with van der Waals surface area (Å²) in [4.78, 5) is 58.1. The first kappa shape index (κ1) is 33.4. The van der Waals surface area contributed by atoms with Gasteiger partial charge in [-0.25, -0.2) is 13.8 Å². The largest absolute Gasteiger partial charge is 0.368 e. The highest BCUT2D eigenvalue weighted by atomic mass is 19.3. The third-order valence-electron chi connectivity index (χ3n) is 11.8. The van der Waals surface area contributed by atoms with Crippen LogP contribution in [0.15, 0.2) is 30.7 Å². The molecule has 2 saturated heterocycles. The Morgan fingerprint density at radius 2 is 1.80 bits per heavy atom. The Kier molecular flexibility index (Phi) is 8.38. The van der Waals surface area contributed by atoms with E-state index in [1.807, 2.05) is 16.9 Å². The summed E-state index contributed by atoms with van der Waals surface area (Å²) in [6.07, 6.45) is 10.2. The predicted molar refractivity (Wildman–Crippen MR) is 180 cm³/mol. The van der Waals surface area contributed by atoms with Crippen LogP contribution in [0.1, 0.15) is 83.7 Å². The van der Waals surface area contributed by atoms with Crippen LogP contribution in [0.4, 0.5) is 20.2 Å². The number of carbonyl (C=O) groups is 4. The average molecular weight is 705 g/mol. The summed E-state index contributed by atoms with van der Waals surface area (Å²) in [6.45, 7) is 6.22. The predicted octanol–water partition coefficient (Wildman–Crippen LogP) is 2.71. The number of pyridine rings is 1. The molecule has 3 aromatic heterocycles. The first-order chi connectivity index (χ1) is 24.5. The molecule has 16 heteroatoms. The van der Waals surface area contributed by atoms with Crippen molar-refractivity contribution in [2.45, 2.75) is 76.3 Å². The lowest BCUT2D eigenvalue weighted by Crippen LogP contribution is -2.52. The Bertz CT molecular complexity index is 1840. The van der Waals surface area contributed by atoms with Gasteiger partial charge in [0, 0.05) is 74.4 Å². The number of hydrogen-bond acceptors (Lipinski definition) is 9. The van der Waals surface area contributed by atoms with Crippen LogP contribution in [0, 0.1) is 17.3 Å². The standard InChI is InChI=1S/C35H42F2N10O4/c1-34-15-27-24(14-28(34)35(34,36)37)30(44-43-27)33(51)40-21-16-39-47(19-21)22-4-2-20(3-5-22)18-45-10-12-46(13-11-45)23-6-7-25(38-17-23)31(49)41-26-8-9-29(48)42-32(26)50/h6-7,16-17,19-20,22,26,28H,2-5,8-15,18H2,1H3,(H,40,51)(H,41,49)(H,43,44)(H,42,48,50)/t20?,22?,26-,28-,34+/m0/s1. The number of anilines is 2. The molecular weight excluding hydrogens is 662 g/mol. The number of piperazine rings is 1. The molecule has 3 atom stereocenters. The minimum Gasteiger partial charge on any atom is -0.368 e. The van der Waals surface area contributed by atoms with Gasteiger partial charge in [-0.1, -0.05) is 6.92 Å². The van der Waals surface area contributed by atoms with Crippen molar-refractivity contribution < 1.29 is 28.0 Å². The number of fused-ring (bicyclic) bond motifs is 2. The van der Waals surface area contributed by atoms with Gasteiger partial charge in [-0.15, -0.1) is 0 Å². The zero-order valence-corrected chi connectivity index (χ0v) is 28.5. The summed E-state index contributed by atoms with van der Waals surface area (Å²) in [6, 6.07) is 3.05. The van der Waals surface area contributed by atoms with Crippen molar-refractivity contribution in [1.82, 2.24) is 40.5 Å². The molecule has 4 amide bonds. The number of alkyl halides is 2. The van der Waals surface area contributed by atoms with Gasteiger partial charge in [0.25, 0.3) is 17.7 Å². The number of nitrogens with zero attached hydrogens (tertiary/aromatic N) is 6. The molecule has 270 valence electrons. The number of rotatable bonds is 8. The maximum absolute atomic E-state index is 14.3. The summed E-state index contributed by atoms with van der Waals surface area (Å²) in [5.41, 5.74) is 2.10. The van der Waals surface area contributed by atoms with Crippen LogP contribution in [0.3, 0.4) is 0 Å². The number of nitrogens with one attached hydrogen (secondary N) is 4. The number of imide groups is 1. The molecule has 5 heterocycles. The number of aromatic nitrogens is 5. The molecule has 4 N–H and O–H groups in total. The summed E-state index contributed by atoms with van der Waals surface area (Å²) < 4.78 is 30.6. The number of H-pyrrole nitrogens is 1. The topological polar surface area (TPSA) is 170 Å². The van der Waals surface area contributed by atoms with Crippen molar-refractivity contribution in [2.24, 2.45) is 17.3 Å². The van der Waals surface area contributed by atoms with Crippen LogP contribution in [-0.2, 0) is 22.4 Å². The van der Waals surface area contributed by atoms with Crippen LogP contribution >= 0.6 is 0 Å². The molecule has 2 aliphatic heterocycles. The van der Waals surface area contributed by atoms with Gasteiger partial charge in [-0.3, -0.25) is 39.2 Å². The first-order valence-corrected chi connectivity index (χ1v) is 17.9. The molecule has 5 aliphatic rings. The number of carbonyl (C=O) groups excluding carboxylic acids is 4. The van der Waals surface area contributed by atoms with E-state index < -0.39 is 41.0 Å². The molecule has 2 saturated carbocycles. The molecule has 0 spiro atoms. The van der Waals surface area contributed by atoms with Crippen molar-refractivity contribution in [3.63, 3.8) is 0 Å². The van der Waals surface area contributed by atoms with Crippen LogP contribution in [0.25, 0.3) is 0 Å². The number of amides is 4. The first-order valence-electron chi connectivity index (χ1n) is 17.9. The maximum Gasteiger partial charge on any atom is 0.276 e. The molecule has 4 fully saturated rings. The van der Waals surface area contributed by atoms with Gasteiger partial charge in [0.15, 0.2) is 5.69 Å². The Labute approximate surface area is 293 Å². The van der Waals surface area contributed by atoms with Gasteiger partial charge < -0.3 is 15.5 Å². The Balaban J connectivity index is 0.767. The molecule has 0 radical (unpaired) electrons. The minimum atomic E-state index is -2.71. The number of hydrogen-bond donors (Lipinski definition) is 4. The molecule has 8 rings (SSSR count). The zero-order chi connectivity index (χ0) is 35.5. The van der Waals surface area contributed by atoms with Crippen molar-refractivity contribution >= 4 is 35.0 Å². The SMILES string of the molecule is C[C@@]12Cc3[nH]nc(C(=O)Nc4cnn(C5CCC(CN6CCN(c7ccc(C(=O)N[C@H]8CCC(=O)NC8=O)nc7)CC6)CC5)c4)c3C[C@@H]1C2(F)F. The molecule has 0 aromatic carbocycles. The van der Waals surface area contributed by atoms with E-state index in [2.05, 4.69) is 46.0 Å². The van der Waals surface area contributed by atoms with E-state index in [1.165, 1.54) is 0 Å². The average Bonchev–Trinajstić information content (AvgIpc) is 3.54. The fraction of sp³-hybridized carbons (Fsp3) is 0.571. The van der Waals surface area contributed by atoms with Crippen LogP contribution < -0.4 is 20.9 Å². The molecule has 3 aliphatic carbocycles. The minimum absolute atomic E-state index is 0.153. The smallest absolute Gasteiger partial charge is 0.276 e. The fourth-order valence-electron chi connectivity index (χ4n) is 8.50. The molecule has 51 heavy (non-hydrogen) atoms. The molecule has 3 aromatic rings. The van der Waals surface area contributed by atoms with Gasteiger partial charge in [-0.2, -0.15) is 10.2 Å². The van der Waals surface area contributed by atoms with Gasteiger partial charge >= 0.3 is 0 Å². The molecule has 0 bridgehead atoms. The van der Waals surface area contributed by atoms with Gasteiger partial charge in [0.2, 0.25) is 11.8 Å². The normalized spacial score (nSPS) is 28.7.